The highest BCUT2D eigenvalue weighted by atomic mass is 16.6. The van der Waals surface area contributed by atoms with E-state index in [0.29, 0.717) is 44.6 Å². The van der Waals surface area contributed by atoms with Crippen LogP contribution in [0.25, 0.3) is 5.82 Å². The SMILES string of the molecule is CCOC(=O)N1CCN(c2ccc(Nc3nc(N)n(-c4cc(N5CCCN(C(C)=O)CC5)ncn4)n3)cc2)CC1. The predicted octanol–water partition coefficient (Wildman–Crippen LogP) is 1.72. The molecule has 212 valence electrons. The minimum absolute atomic E-state index is 0.0872. The summed E-state index contributed by atoms with van der Waals surface area (Å²) < 4.78 is 6.58. The Morgan fingerprint density at radius 2 is 1.62 bits per heavy atom. The van der Waals surface area contributed by atoms with Crippen LogP contribution in [-0.2, 0) is 9.53 Å². The van der Waals surface area contributed by atoms with Gasteiger partial charge in [0, 0.05) is 76.7 Å². The molecule has 14 heteroatoms. The minimum atomic E-state index is -0.256. The summed E-state index contributed by atoms with van der Waals surface area (Å²) in [6.45, 7) is 9.38. The van der Waals surface area contributed by atoms with Gasteiger partial charge in [-0.2, -0.15) is 9.67 Å². The lowest BCUT2D eigenvalue weighted by Gasteiger charge is -2.35. The molecule has 2 amide bonds. The van der Waals surface area contributed by atoms with Crippen LogP contribution in [0.15, 0.2) is 36.7 Å². The molecule has 0 saturated carbocycles. The Kier molecular flexibility index (Phi) is 8.12. The van der Waals surface area contributed by atoms with Crippen molar-refractivity contribution < 1.29 is 14.3 Å². The minimum Gasteiger partial charge on any atom is -0.450 e. The van der Waals surface area contributed by atoms with E-state index >= 15 is 0 Å². The van der Waals surface area contributed by atoms with Crippen LogP contribution in [0.2, 0.25) is 0 Å². The summed E-state index contributed by atoms with van der Waals surface area (Å²) in [6, 6.07) is 9.78. The number of nitrogens with one attached hydrogen (secondary N) is 1. The molecule has 2 aromatic heterocycles. The maximum Gasteiger partial charge on any atom is 0.409 e. The molecule has 2 saturated heterocycles. The van der Waals surface area contributed by atoms with E-state index in [1.165, 1.54) is 11.0 Å². The van der Waals surface area contributed by atoms with Crippen LogP contribution in [0.5, 0.6) is 0 Å². The van der Waals surface area contributed by atoms with Gasteiger partial charge in [0.25, 0.3) is 0 Å². The van der Waals surface area contributed by atoms with Gasteiger partial charge in [-0.1, -0.05) is 0 Å². The zero-order valence-electron chi connectivity index (χ0n) is 22.9. The largest absolute Gasteiger partial charge is 0.450 e. The molecule has 0 unspecified atom stereocenters. The van der Waals surface area contributed by atoms with Crippen LogP contribution in [0, 0.1) is 0 Å². The van der Waals surface area contributed by atoms with Gasteiger partial charge in [-0.25, -0.2) is 14.8 Å². The number of nitrogens with zero attached hydrogens (tertiary/aromatic N) is 9. The summed E-state index contributed by atoms with van der Waals surface area (Å²) in [5.74, 6) is 1.89. The van der Waals surface area contributed by atoms with Gasteiger partial charge in [-0.05, 0) is 37.6 Å². The highest BCUT2D eigenvalue weighted by Gasteiger charge is 2.22. The van der Waals surface area contributed by atoms with Crippen molar-refractivity contribution in [1.82, 2.24) is 34.5 Å². The zero-order valence-corrected chi connectivity index (χ0v) is 22.9. The Labute approximate surface area is 232 Å². The molecule has 0 aliphatic carbocycles. The van der Waals surface area contributed by atoms with E-state index < -0.39 is 0 Å². The van der Waals surface area contributed by atoms with Gasteiger partial charge in [0.2, 0.25) is 17.8 Å². The summed E-state index contributed by atoms with van der Waals surface area (Å²) >= 11 is 0. The number of piperazine rings is 1. The number of carbonyl (C=O) groups is 2. The fraction of sp³-hybridized carbons (Fsp3) is 0.462. The molecule has 0 radical (unpaired) electrons. The Morgan fingerprint density at radius 1 is 0.925 bits per heavy atom. The first kappa shape index (κ1) is 27.0. The number of hydrogen-bond acceptors (Lipinski definition) is 11. The van der Waals surface area contributed by atoms with Gasteiger partial charge < -0.3 is 35.4 Å². The zero-order chi connectivity index (χ0) is 28.1. The smallest absolute Gasteiger partial charge is 0.409 e. The van der Waals surface area contributed by atoms with E-state index in [-0.39, 0.29) is 17.9 Å². The number of aromatic nitrogens is 5. The van der Waals surface area contributed by atoms with Gasteiger partial charge in [-0.3, -0.25) is 4.79 Å². The Morgan fingerprint density at radius 3 is 2.35 bits per heavy atom. The third-order valence-corrected chi connectivity index (χ3v) is 7.05. The normalized spacial score (nSPS) is 16.1. The van der Waals surface area contributed by atoms with Crippen LogP contribution >= 0.6 is 0 Å². The van der Waals surface area contributed by atoms with Crippen molar-refractivity contribution >= 4 is 41.1 Å². The van der Waals surface area contributed by atoms with Crippen molar-refractivity contribution in [3.05, 3.63) is 36.7 Å². The standard InChI is InChI=1S/C26H35N11O3/c1-3-40-26(39)36-15-12-34(13-16-36)21-7-5-20(6-8-21)30-25-31-24(27)37(32-25)23-17-22(28-18-29-23)35-10-4-9-33(11-14-35)19(2)38/h5-8,17-18H,3-4,9-16H2,1-2H3,(H3,27,30,31,32). The topological polar surface area (TPSA) is 151 Å². The maximum atomic E-state index is 11.9. The molecule has 0 atom stereocenters. The molecule has 3 aromatic rings. The van der Waals surface area contributed by atoms with Crippen LogP contribution in [0.3, 0.4) is 0 Å². The van der Waals surface area contributed by atoms with Crippen LogP contribution in [0.1, 0.15) is 20.3 Å². The lowest BCUT2D eigenvalue weighted by molar-refractivity contribution is -0.128. The van der Waals surface area contributed by atoms with E-state index in [0.717, 1.165) is 49.8 Å². The highest BCUT2D eigenvalue weighted by Crippen LogP contribution is 2.23. The quantitative estimate of drug-likeness (QED) is 0.462. The second kappa shape index (κ2) is 12.1. The fourth-order valence-corrected chi connectivity index (χ4v) is 4.88. The van der Waals surface area contributed by atoms with Crippen LogP contribution < -0.4 is 20.9 Å². The van der Waals surface area contributed by atoms with Gasteiger partial charge in [0.05, 0.1) is 6.61 Å². The third kappa shape index (κ3) is 6.16. The van der Waals surface area contributed by atoms with Crippen molar-refractivity contribution in [3.8, 4) is 5.82 Å². The first-order valence-electron chi connectivity index (χ1n) is 13.5. The van der Waals surface area contributed by atoms with E-state index in [1.54, 1.807) is 11.8 Å². The molecule has 2 fully saturated rings. The highest BCUT2D eigenvalue weighted by molar-refractivity contribution is 5.73. The Bertz CT molecular complexity index is 1320. The van der Waals surface area contributed by atoms with E-state index in [4.69, 9.17) is 10.5 Å². The summed E-state index contributed by atoms with van der Waals surface area (Å²) in [4.78, 5) is 44.8. The number of amides is 2. The molecule has 3 N–H and O–H groups in total. The number of ether oxygens (including phenoxy) is 1. The monoisotopic (exact) mass is 549 g/mol. The second-order valence-electron chi connectivity index (χ2n) is 9.63. The van der Waals surface area contributed by atoms with Crippen LogP contribution in [0.4, 0.5) is 33.9 Å². The summed E-state index contributed by atoms with van der Waals surface area (Å²) in [7, 11) is 0. The Balaban J connectivity index is 1.21. The lowest BCUT2D eigenvalue weighted by Crippen LogP contribution is -2.49. The lowest BCUT2D eigenvalue weighted by atomic mass is 10.2. The van der Waals surface area contributed by atoms with E-state index in [1.807, 2.05) is 42.2 Å². The fourth-order valence-electron chi connectivity index (χ4n) is 4.88. The molecule has 40 heavy (non-hydrogen) atoms. The van der Waals surface area contributed by atoms with Crippen molar-refractivity contribution in [2.75, 3.05) is 79.8 Å². The molecular weight excluding hydrogens is 514 g/mol. The van der Waals surface area contributed by atoms with Gasteiger partial charge in [-0.15, -0.1) is 5.10 Å². The molecule has 2 aliphatic heterocycles. The molecule has 4 heterocycles. The van der Waals surface area contributed by atoms with Gasteiger partial charge in [0.15, 0.2) is 5.82 Å². The molecule has 14 nitrogen and oxygen atoms in total. The molecule has 2 aliphatic rings. The van der Waals surface area contributed by atoms with Gasteiger partial charge >= 0.3 is 6.09 Å². The third-order valence-electron chi connectivity index (χ3n) is 7.05. The summed E-state index contributed by atoms with van der Waals surface area (Å²) in [5.41, 5.74) is 8.08. The molecular formula is C26H35N11O3. The van der Waals surface area contributed by atoms with E-state index in [2.05, 4.69) is 35.2 Å². The predicted molar refractivity (Wildman–Crippen MR) is 151 cm³/mol. The Hall–Kier alpha value is -4.62. The van der Waals surface area contributed by atoms with E-state index in [9.17, 15) is 9.59 Å². The summed E-state index contributed by atoms with van der Waals surface area (Å²) in [5, 5.41) is 7.72. The average Bonchev–Trinajstić information content (AvgIpc) is 3.16. The van der Waals surface area contributed by atoms with Crippen molar-refractivity contribution in [1.29, 1.82) is 0 Å². The number of anilines is 5. The number of benzene rings is 1. The number of rotatable bonds is 6. The molecule has 5 rings (SSSR count). The first-order chi connectivity index (χ1) is 19.4. The first-order valence-corrected chi connectivity index (χ1v) is 13.5. The number of carbonyl (C=O) groups excluding carboxylic acids is 2. The second-order valence-corrected chi connectivity index (χ2v) is 9.63. The van der Waals surface area contributed by atoms with Gasteiger partial charge in [0.1, 0.15) is 12.1 Å². The average molecular weight is 550 g/mol. The number of nitrogen functional groups attached to an aromatic ring is 1. The molecule has 0 bridgehead atoms. The molecule has 1 aromatic carbocycles. The number of nitrogens with two attached hydrogens (primary N) is 1. The molecule has 0 spiro atoms. The van der Waals surface area contributed by atoms with Crippen molar-refractivity contribution in [2.24, 2.45) is 0 Å². The van der Waals surface area contributed by atoms with Crippen LogP contribution in [-0.4, -0.2) is 105 Å². The van der Waals surface area contributed by atoms with Crippen molar-refractivity contribution in [3.63, 3.8) is 0 Å². The summed E-state index contributed by atoms with van der Waals surface area (Å²) in [6.07, 6.45) is 2.09. The van der Waals surface area contributed by atoms with Crippen molar-refractivity contribution in [2.45, 2.75) is 20.3 Å². The maximum absolute atomic E-state index is 11.9. The number of hydrogen-bond donors (Lipinski definition) is 2.